The van der Waals surface area contributed by atoms with Crippen molar-refractivity contribution in [3.8, 4) is 22.1 Å². The van der Waals surface area contributed by atoms with E-state index in [1.807, 2.05) is 25.1 Å². The highest BCUT2D eigenvalue weighted by molar-refractivity contribution is 7.89. The predicted octanol–water partition coefficient (Wildman–Crippen LogP) is 4.48. The van der Waals surface area contributed by atoms with Gasteiger partial charge in [-0.25, -0.2) is 18.4 Å². The maximum Gasteiger partial charge on any atom is 0.243 e. The maximum absolute atomic E-state index is 12.8. The number of thiophene rings is 1. The number of rotatable bonds is 5. The number of nitrogens with zero attached hydrogens (tertiary/aromatic N) is 3. The van der Waals surface area contributed by atoms with Crippen molar-refractivity contribution >= 4 is 31.6 Å². The molecule has 1 saturated heterocycles. The Kier molecular flexibility index (Phi) is 5.64. The molecule has 0 aliphatic carbocycles. The van der Waals surface area contributed by atoms with Crippen LogP contribution in [-0.4, -0.2) is 49.0 Å². The number of aryl methyl sites for hydroxylation is 1. The minimum absolute atomic E-state index is 0.234. The van der Waals surface area contributed by atoms with Crippen molar-refractivity contribution in [2.75, 3.05) is 26.3 Å². The smallest absolute Gasteiger partial charge is 0.243 e. The molecule has 1 aliphatic rings. The van der Waals surface area contributed by atoms with Crippen LogP contribution in [0.2, 0.25) is 0 Å². The Bertz CT molecular complexity index is 1350. The zero-order chi connectivity index (χ0) is 22.1. The first-order valence-electron chi connectivity index (χ1n) is 10.2. The van der Waals surface area contributed by atoms with Crippen LogP contribution in [0.5, 0.6) is 11.6 Å². The summed E-state index contributed by atoms with van der Waals surface area (Å²) < 4.78 is 38.4. The first-order chi connectivity index (χ1) is 15.5. The largest absolute Gasteiger partial charge is 0.438 e. The summed E-state index contributed by atoms with van der Waals surface area (Å²) in [6, 6.07) is 16.6. The van der Waals surface area contributed by atoms with Crippen LogP contribution >= 0.6 is 11.3 Å². The fourth-order valence-corrected chi connectivity index (χ4v) is 6.26. The lowest BCUT2D eigenvalue weighted by Crippen LogP contribution is -2.40. The molecular weight excluding hydrogens is 446 g/mol. The van der Waals surface area contributed by atoms with Gasteiger partial charge in [0.1, 0.15) is 16.9 Å². The molecule has 0 spiro atoms. The fraction of sp³-hybridized carbons (Fsp3) is 0.217. The molecule has 2 aromatic carbocycles. The average molecular weight is 468 g/mol. The molecule has 0 amide bonds. The van der Waals surface area contributed by atoms with Crippen molar-refractivity contribution in [2.24, 2.45) is 0 Å². The topological polar surface area (TPSA) is 81.6 Å². The number of hydrogen-bond acceptors (Lipinski definition) is 7. The fourth-order valence-electron chi connectivity index (χ4n) is 3.71. The van der Waals surface area contributed by atoms with E-state index in [0.717, 1.165) is 26.2 Å². The lowest BCUT2D eigenvalue weighted by Gasteiger charge is -2.26. The average Bonchev–Trinajstić information content (AvgIpc) is 3.18. The lowest BCUT2D eigenvalue weighted by molar-refractivity contribution is 0.0730. The minimum atomic E-state index is -3.55. The minimum Gasteiger partial charge on any atom is -0.438 e. The van der Waals surface area contributed by atoms with Gasteiger partial charge in [-0.3, -0.25) is 0 Å². The van der Waals surface area contributed by atoms with Gasteiger partial charge in [0.05, 0.1) is 23.5 Å². The molecule has 5 rings (SSSR count). The van der Waals surface area contributed by atoms with Gasteiger partial charge in [-0.05, 0) is 42.3 Å². The van der Waals surface area contributed by atoms with Crippen LogP contribution < -0.4 is 4.74 Å². The highest BCUT2D eigenvalue weighted by atomic mass is 32.2. The van der Waals surface area contributed by atoms with Crippen molar-refractivity contribution in [3.63, 3.8) is 0 Å². The van der Waals surface area contributed by atoms with Gasteiger partial charge in [0.25, 0.3) is 0 Å². The normalized spacial score (nSPS) is 15.2. The summed E-state index contributed by atoms with van der Waals surface area (Å²) in [5.41, 5.74) is 2.18. The van der Waals surface area contributed by atoms with Crippen LogP contribution in [-0.2, 0) is 14.8 Å². The quantitative estimate of drug-likeness (QED) is 0.430. The number of ether oxygens (including phenoxy) is 2. The Balaban J connectivity index is 1.44. The third-order valence-electron chi connectivity index (χ3n) is 5.37. The molecular formula is C23H21N3O4S2. The molecule has 4 aromatic rings. The van der Waals surface area contributed by atoms with Crippen LogP contribution in [0.1, 0.15) is 5.56 Å². The zero-order valence-corrected chi connectivity index (χ0v) is 19.0. The van der Waals surface area contributed by atoms with Crippen LogP contribution in [0.3, 0.4) is 0 Å². The predicted molar refractivity (Wildman–Crippen MR) is 124 cm³/mol. The second-order valence-corrected chi connectivity index (χ2v) is 10.3. The van der Waals surface area contributed by atoms with E-state index in [4.69, 9.17) is 9.47 Å². The highest BCUT2D eigenvalue weighted by Gasteiger charge is 2.26. The number of sulfonamides is 1. The monoisotopic (exact) mass is 467 g/mol. The van der Waals surface area contributed by atoms with E-state index in [-0.39, 0.29) is 4.90 Å². The van der Waals surface area contributed by atoms with Gasteiger partial charge in [0, 0.05) is 18.0 Å². The molecule has 0 unspecified atom stereocenters. The van der Waals surface area contributed by atoms with Gasteiger partial charge in [-0.2, -0.15) is 4.31 Å². The molecule has 7 nitrogen and oxygen atoms in total. The van der Waals surface area contributed by atoms with E-state index in [9.17, 15) is 8.42 Å². The van der Waals surface area contributed by atoms with Crippen molar-refractivity contribution in [3.05, 3.63) is 66.5 Å². The number of benzene rings is 2. The molecule has 1 fully saturated rings. The number of fused-ring (bicyclic) bond motifs is 1. The number of aromatic nitrogens is 2. The third kappa shape index (κ3) is 3.88. The van der Waals surface area contributed by atoms with E-state index in [1.165, 1.54) is 10.6 Å². The van der Waals surface area contributed by atoms with Crippen molar-refractivity contribution in [1.29, 1.82) is 0 Å². The second-order valence-electron chi connectivity index (χ2n) is 7.37. The van der Waals surface area contributed by atoms with E-state index in [2.05, 4.69) is 22.1 Å². The summed E-state index contributed by atoms with van der Waals surface area (Å²) in [7, 11) is -3.55. The van der Waals surface area contributed by atoms with E-state index in [1.54, 1.807) is 35.6 Å². The molecule has 1 aliphatic heterocycles. The van der Waals surface area contributed by atoms with Crippen molar-refractivity contribution in [2.45, 2.75) is 11.8 Å². The summed E-state index contributed by atoms with van der Waals surface area (Å²) in [6.07, 6.45) is 1.49. The summed E-state index contributed by atoms with van der Waals surface area (Å²) >= 11 is 1.60. The van der Waals surface area contributed by atoms with Gasteiger partial charge >= 0.3 is 0 Å². The summed E-state index contributed by atoms with van der Waals surface area (Å²) in [6.45, 7) is 3.58. The third-order valence-corrected chi connectivity index (χ3v) is 8.54. The number of hydrogen-bond donors (Lipinski definition) is 0. The van der Waals surface area contributed by atoms with Crippen LogP contribution in [0.25, 0.3) is 20.7 Å². The molecule has 9 heteroatoms. The van der Waals surface area contributed by atoms with Gasteiger partial charge in [-0.15, -0.1) is 11.3 Å². The first-order valence-corrected chi connectivity index (χ1v) is 12.4. The first kappa shape index (κ1) is 21.0. The van der Waals surface area contributed by atoms with E-state index >= 15 is 0 Å². The maximum atomic E-state index is 12.8. The Hall–Kier alpha value is -2.85. The van der Waals surface area contributed by atoms with Crippen LogP contribution in [0.15, 0.2) is 65.8 Å². The Morgan fingerprint density at radius 2 is 1.72 bits per heavy atom. The van der Waals surface area contributed by atoms with Crippen molar-refractivity contribution < 1.29 is 17.9 Å². The Morgan fingerprint density at radius 1 is 1.00 bits per heavy atom. The van der Waals surface area contributed by atoms with Gasteiger partial charge in [0.15, 0.2) is 0 Å². The molecule has 0 N–H and O–H groups in total. The molecule has 0 radical (unpaired) electrons. The summed E-state index contributed by atoms with van der Waals surface area (Å²) in [5, 5.41) is 0.862. The van der Waals surface area contributed by atoms with Crippen LogP contribution in [0.4, 0.5) is 0 Å². The van der Waals surface area contributed by atoms with Crippen molar-refractivity contribution in [1.82, 2.24) is 14.3 Å². The lowest BCUT2D eigenvalue weighted by atomic mass is 10.1. The number of morpholine rings is 1. The molecule has 0 saturated carbocycles. The van der Waals surface area contributed by atoms with E-state index in [0.29, 0.717) is 37.9 Å². The summed E-state index contributed by atoms with van der Waals surface area (Å²) in [4.78, 5) is 11.0. The van der Waals surface area contributed by atoms with Crippen LogP contribution in [0, 0.1) is 6.92 Å². The van der Waals surface area contributed by atoms with Gasteiger partial charge in [-0.1, -0.05) is 30.3 Å². The molecule has 2 aromatic heterocycles. The molecule has 3 heterocycles. The SMILES string of the molecule is Cc1c(-c2ccccc2)sc2ncnc(Oc3ccc(S(=O)(=O)N4CCOCC4)cc3)c12. The van der Waals surface area contributed by atoms with Gasteiger partial charge in [0.2, 0.25) is 15.9 Å². The molecule has 0 atom stereocenters. The molecule has 0 bridgehead atoms. The highest BCUT2D eigenvalue weighted by Crippen LogP contribution is 2.41. The molecule has 32 heavy (non-hydrogen) atoms. The van der Waals surface area contributed by atoms with E-state index < -0.39 is 10.0 Å². The molecule has 164 valence electrons. The Morgan fingerprint density at radius 3 is 2.44 bits per heavy atom. The summed E-state index contributed by atoms with van der Waals surface area (Å²) in [5.74, 6) is 0.965. The van der Waals surface area contributed by atoms with Gasteiger partial charge < -0.3 is 9.47 Å². The Labute approximate surface area is 190 Å². The zero-order valence-electron chi connectivity index (χ0n) is 17.4. The second kappa shape index (κ2) is 8.59. The standard InChI is InChI=1S/C23H21N3O4S2/c1-16-20-22(24-15-25-23(20)31-21(16)17-5-3-2-4-6-17)30-18-7-9-19(10-8-18)32(27,28)26-11-13-29-14-12-26/h2-10,15H,11-14H2,1H3.